The highest BCUT2D eigenvalue weighted by Gasteiger charge is 2.28. The van der Waals surface area contributed by atoms with Gasteiger partial charge in [-0.05, 0) is 44.4 Å². The van der Waals surface area contributed by atoms with E-state index in [4.69, 9.17) is 0 Å². The van der Waals surface area contributed by atoms with Crippen LogP contribution in [0.4, 0.5) is 0 Å². The summed E-state index contributed by atoms with van der Waals surface area (Å²) in [6.07, 6.45) is 3.87. The molecule has 0 bridgehead atoms. The molecule has 3 heteroatoms. The Kier molecular flexibility index (Phi) is 4.23. The Morgan fingerprint density at radius 1 is 1.44 bits per heavy atom. The molecule has 2 nitrogen and oxygen atoms in total. The average Bonchev–Trinajstić information content (AvgIpc) is 2.76. The van der Waals surface area contributed by atoms with Crippen LogP contribution in [0.3, 0.4) is 0 Å². The molecular formula is C15H18BrNO. The molecule has 0 radical (unpaired) electrons. The molecule has 1 saturated heterocycles. The monoisotopic (exact) mass is 307 g/mol. The lowest BCUT2D eigenvalue weighted by Gasteiger charge is -2.24. The molecule has 0 N–H and O–H groups in total. The number of amides is 1. The third kappa shape index (κ3) is 3.02. The van der Waals surface area contributed by atoms with Gasteiger partial charge in [0.15, 0.2) is 0 Å². The van der Waals surface area contributed by atoms with Crippen LogP contribution in [0.2, 0.25) is 0 Å². The first-order chi connectivity index (χ1) is 8.58. The number of hydrogen-bond acceptors (Lipinski definition) is 1. The summed E-state index contributed by atoms with van der Waals surface area (Å²) in [4.78, 5) is 14.1. The highest BCUT2D eigenvalue weighted by atomic mass is 79.9. The number of allylic oxidation sites excluding steroid dienone is 1. The van der Waals surface area contributed by atoms with E-state index in [2.05, 4.69) is 28.1 Å². The van der Waals surface area contributed by atoms with Gasteiger partial charge in [0.25, 0.3) is 0 Å². The van der Waals surface area contributed by atoms with Crippen LogP contribution in [0.15, 0.2) is 40.4 Å². The van der Waals surface area contributed by atoms with Crippen LogP contribution in [-0.4, -0.2) is 17.4 Å². The SMILES string of the molecule is CC(C)=CC(=O)N1CCCC1c1cccc(Br)c1. The number of rotatable bonds is 2. The molecule has 18 heavy (non-hydrogen) atoms. The maximum absolute atomic E-state index is 12.2. The minimum absolute atomic E-state index is 0.137. The predicted molar refractivity (Wildman–Crippen MR) is 77.3 cm³/mol. The van der Waals surface area contributed by atoms with Crippen LogP contribution < -0.4 is 0 Å². The van der Waals surface area contributed by atoms with E-state index < -0.39 is 0 Å². The van der Waals surface area contributed by atoms with Crippen molar-refractivity contribution in [2.45, 2.75) is 32.7 Å². The number of benzene rings is 1. The lowest BCUT2D eigenvalue weighted by molar-refractivity contribution is -0.126. The van der Waals surface area contributed by atoms with E-state index in [0.717, 1.165) is 29.4 Å². The number of halogens is 1. The standard InChI is InChI=1S/C15H18BrNO/c1-11(2)9-15(18)17-8-4-7-14(17)12-5-3-6-13(16)10-12/h3,5-6,9-10,14H,4,7-8H2,1-2H3. The van der Waals surface area contributed by atoms with Gasteiger partial charge in [0, 0.05) is 17.1 Å². The van der Waals surface area contributed by atoms with Crippen molar-refractivity contribution in [3.8, 4) is 0 Å². The van der Waals surface area contributed by atoms with Crippen LogP contribution in [-0.2, 0) is 4.79 Å². The van der Waals surface area contributed by atoms with Crippen molar-refractivity contribution in [1.82, 2.24) is 4.90 Å². The van der Waals surface area contributed by atoms with E-state index in [1.54, 1.807) is 6.08 Å². The van der Waals surface area contributed by atoms with E-state index in [-0.39, 0.29) is 11.9 Å². The van der Waals surface area contributed by atoms with Crippen molar-refractivity contribution >= 4 is 21.8 Å². The lowest BCUT2D eigenvalue weighted by Crippen LogP contribution is -2.29. The Hall–Kier alpha value is -1.09. The van der Waals surface area contributed by atoms with E-state index in [1.807, 2.05) is 30.9 Å². The van der Waals surface area contributed by atoms with Crippen molar-refractivity contribution < 1.29 is 4.79 Å². The molecule has 1 aliphatic rings. The van der Waals surface area contributed by atoms with Gasteiger partial charge in [-0.1, -0.05) is 33.6 Å². The summed E-state index contributed by atoms with van der Waals surface area (Å²) in [5.41, 5.74) is 2.28. The molecule has 1 heterocycles. The van der Waals surface area contributed by atoms with E-state index >= 15 is 0 Å². The van der Waals surface area contributed by atoms with Crippen LogP contribution in [0, 0.1) is 0 Å². The molecule has 0 aromatic heterocycles. The maximum Gasteiger partial charge on any atom is 0.246 e. The van der Waals surface area contributed by atoms with Crippen LogP contribution in [0.1, 0.15) is 38.3 Å². The number of hydrogen-bond donors (Lipinski definition) is 0. The second-order valence-corrected chi connectivity index (χ2v) is 5.88. The lowest BCUT2D eigenvalue weighted by atomic mass is 10.0. The minimum atomic E-state index is 0.137. The van der Waals surface area contributed by atoms with Crippen LogP contribution in [0.5, 0.6) is 0 Å². The average molecular weight is 308 g/mol. The Morgan fingerprint density at radius 3 is 2.89 bits per heavy atom. The number of carbonyl (C=O) groups excluding carboxylic acids is 1. The molecule has 0 saturated carbocycles. The normalized spacial score (nSPS) is 18.8. The summed E-state index contributed by atoms with van der Waals surface area (Å²) >= 11 is 3.49. The Bertz CT molecular complexity index is 477. The Balaban J connectivity index is 2.22. The van der Waals surface area contributed by atoms with Gasteiger partial charge < -0.3 is 4.90 Å². The second-order valence-electron chi connectivity index (χ2n) is 4.97. The van der Waals surface area contributed by atoms with Crippen molar-refractivity contribution in [3.63, 3.8) is 0 Å². The quantitative estimate of drug-likeness (QED) is 0.754. The third-order valence-electron chi connectivity index (χ3n) is 3.18. The van der Waals surface area contributed by atoms with Crippen molar-refractivity contribution in [3.05, 3.63) is 46.0 Å². The molecule has 1 aliphatic heterocycles. The number of carbonyl (C=O) groups is 1. The Morgan fingerprint density at radius 2 is 2.22 bits per heavy atom. The molecule has 1 aromatic carbocycles. The van der Waals surface area contributed by atoms with Gasteiger partial charge in [0.1, 0.15) is 0 Å². The molecule has 96 valence electrons. The van der Waals surface area contributed by atoms with Crippen molar-refractivity contribution in [1.29, 1.82) is 0 Å². The molecule has 1 aromatic rings. The summed E-state index contributed by atoms with van der Waals surface area (Å²) in [6.45, 7) is 4.78. The van der Waals surface area contributed by atoms with Crippen molar-refractivity contribution in [2.24, 2.45) is 0 Å². The third-order valence-corrected chi connectivity index (χ3v) is 3.67. The predicted octanol–water partition coefficient (Wildman–Crippen LogP) is 4.08. The highest BCUT2D eigenvalue weighted by molar-refractivity contribution is 9.10. The molecule has 1 fully saturated rings. The molecule has 0 spiro atoms. The zero-order valence-electron chi connectivity index (χ0n) is 10.8. The summed E-state index contributed by atoms with van der Waals surface area (Å²) in [5.74, 6) is 0.137. The summed E-state index contributed by atoms with van der Waals surface area (Å²) in [5, 5.41) is 0. The molecule has 2 rings (SSSR count). The van der Waals surface area contributed by atoms with E-state index in [9.17, 15) is 4.79 Å². The minimum Gasteiger partial charge on any atom is -0.332 e. The van der Waals surface area contributed by atoms with E-state index in [0.29, 0.717) is 0 Å². The van der Waals surface area contributed by atoms with Gasteiger partial charge >= 0.3 is 0 Å². The summed E-state index contributed by atoms with van der Waals surface area (Å²) < 4.78 is 1.07. The largest absolute Gasteiger partial charge is 0.332 e. The molecule has 1 unspecified atom stereocenters. The van der Waals surface area contributed by atoms with E-state index in [1.165, 1.54) is 5.56 Å². The van der Waals surface area contributed by atoms with Crippen LogP contribution >= 0.6 is 15.9 Å². The van der Waals surface area contributed by atoms with Gasteiger partial charge in [-0.2, -0.15) is 0 Å². The fraction of sp³-hybridized carbons (Fsp3) is 0.400. The van der Waals surface area contributed by atoms with Gasteiger partial charge in [-0.3, -0.25) is 4.79 Å². The van der Waals surface area contributed by atoms with Gasteiger partial charge in [0.2, 0.25) is 5.91 Å². The van der Waals surface area contributed by atoms with Gasteiger partial charge in [-0.25, -0.2) is 0 Å². The number of likely N-dealkylation sites (tertiary alicyclic amines) is 1. The molecule has 0 aliphatic carbocycles. The summed E-state index contributed by atoms with van der Waals surface area (Å²) in [6, 6.07) is 8.48. The van der Waals surface area contributed by atoms with Crippen molar-refractivity contribution in [2.75, 3.05) is 6.54 Å². The van der Waals surface area contributed by atoms with Gasteiger partial charge in [0.05, 0.1) is 6.04 Å². The highest BCUT2D eigenvalue weighted by Crippen LogP contribution is 2.33. The fourth-order valence-corrected chi connectivity index (χ4v) is 2.84. The first-order valence-electron chi connectivity index (χ1n) is 6.29. The zero-order chi connectivity index (χ0) is 13.1. The molecular weight excluding hydrogens is 290 g/mol. The fourth-order valence-electron chi connectivity index (χ4n) is 2.42. The summed E-state index contributed by atoms with van der Waals surface area (Å²) in [7, 11) is 0. The first kappa shape index (κ1) is 13.3. The maximum atomic E-state index is 12.2. The second kappa shape index (κ2) is 5.70. The molecule has 1 amide bonds. The molecule has 1 atom stereocenters. The number of nitrogens with zero attached hydrogens (tertiary/aromatic N) is 1. The Labute approximate surface area is 117 Å². The van der Waals surface area contributed by atoms with Gasteiger partial charge in [-0.15, -0.1) is 0 Å². The zero-order valence-corrected chi connectivity index (χ0v) is 12.4. The van der Waals surface area contributed by atoms with Crippen LogP contribution in [0.25, 0.3) is 0 Å². The topological polar surface area (TPSA) is 20.3 Å². The first-order valence-corrected chi connectivity index (χ1v) is 7.08. The smallest absolute Gasteiger partial charge is 0.246 e.